The van der Waals surface area contributed by atoms with E-state index in [0.29, 0.717) is 35.3 Å². The number of nitrogens with one attached hydrogen (secondary N) is 2. The molecule has 1 atom stereocenters. The Bertz CT molecular complexity index is 912. The molecule has 31 heavy (non-hydrogen) atoms. The summed E-state index contributed by atoms with van der Waals surface area (Å²) in [7, 11) is 0. The predicted molar refractivity (Wildman–Crippen MR) is 113 cm³/mol. The first-order valence-corrected chi connectivity index (χ1v) is 10.4. The maximum atomic E-state index is 12.8. The molecule has 1 fully saturated rings. The van der Waals surface area contributed by atoms with Gasteiger partial charge in [-0.3, -0.25) is 4.90 Å². The molecule has 3 rings (SSSR count). The van der Waals surface area contributed by atoms with Gasteiger partial charge in [-0.15, -0.1) is 0 Å². The van der Waals surface area contributed by atoms with Crippen LogP contribution in [0.5, 0.6) is 0 Å². The van der Waals surface area contributed by atoms with Gasteiger partial charge in [0.05, 0.1) is 28.3 Å². The fourth-order valence-electron chi connectivity index (χ4n) is 3.25. The molecule has 5 nitrogen and oxygen atoms in total. The number of hydrogen-bond donors (Lipinski definition) is 2. The standard InChI is InChI=1S/C21H22Cl2F3N3O2/c22-18-5-4-15(9-19(18)23)12-29-6-7-31-17(13-29)11-28-20(30)27-10-14-2-1-3-16(8-14)21(24,25)26/h1-5,8-9,17H,6-7,10-13H2,(H2,27,28,30). The summed E-state index contributed by atoms with van der Waals surface area (Å²) >= 11 is 12.0. The second-order valence-corrected chi connectivity index (χ2v) is 8.05. The van der Waals surface area contributed by atoms with E-state index in [1.807, 2.05) is 12.1 Å². The van der Waals surface area contributed by atoms with Crippen molar-refractivity contribution in [3.05, 3.63) is 69.2 Å². The second kappa shape index (κ2) is 10.5. The Balaban J connectivity index is 1.43. The van der Waals surface area contributed by atoms with E-state index in [-0.39, 0.29) is 19.2 Å². The van der Waals surface area contributed by atoms with Crippen LogP contribution in [0.2, 0.25) is 10.0 Å². The molecule has 1 saturated heterocycles. The third kappa shape index (κ3) is 7.28. The summed E-state index contributed by atoms with van der Waals surface area (Å²) in [6, 6.07) is 9.89. The normalized spacial score (nSPS) is 17.4. The van der Waals surface area contributed by atoms with Gasteiger partial charge in [0.25, 0.3) is 0 Å². The Morgan fingerprint density at radius 3 is 2.65 bits per heavy atom. The number of rotatable bonds is 6. The SMILES string of the molecule is O=C(NCc1cccc(C(F)(F)F)c1)NCC1CN(Cc2ccc(Cl)c(Cl)c2)CCO1. The van der Waals surface area contributed by atoms with E-state index in [1.54, 1.807) is 6.07 Å². The highest BCUT2D eigenvalue weighted by molar-refractivity contribution is 6.42. The molecular weight excluding hydrogens is 454 g/mol. The highest BCUT2D eigenvalue weighted by Gasteiger charge is 2.30. The van der Waals surface area contributed by atoms with Crippen LogP contribution in [-0.4, -0.2) is 43.3 Å². The number of ether oxygens (including phenoxy) is 1. The van der Waals surface area contributed by atoms with Crippen molar-refractivity contribution in [2.24, 2.45) is 0 Å². The number of benzene rings is 2. The van der Waals surface area contributed by atoms with Crippen molar-refractivity contribution in [3.63, 3.8) is 0 Å². The van der Waals surface area contributed by atoms with Crippen LogP contribution in [0.1, 0.15) is 16.7 Å². The van der Waals surface area contributed by atoms with Crippen LogP contribution >= 0.6 is 23.2 Å². The van der Waals surface area contributed by atoms with Crippen LogP contribution in [0.3, 0.4) is 0 Å². The van der Waals surface area contributed by atoms with Gasteiger partial charge in [0.2, 0.25) is 0 Å². The van der Waals surface area contributed by atoms with Gasteiger partial charge in [-0.2, -0.15) is 13.2 Å². The number of morpholine rings is 1. The van der Waals surface area contributed by atoms with Crippen molar-refractivity contribution in [3.8, 4) is 0 Å². The minimum absolute atomic E-state index is 0.00920. The maximum absolute atomic E-state index is 12.8. The molecule has 2 aromatic carbocycles. The number of alkyl halides is 3. The van der Waals surface area contributed by atoms with Gasteiger partial charge in [0.1, 0.15) is 0 Å². The lowest BCUT2D eigenvalue weighted by atomic mass is 10.1. The second-order valence-electron chi connectivity index (χ2n) is 7.24. The fourth-order valence-corrected chi connectivity index (χ4v) is 3.57. The van der Waals surface area contributed by atoms with Gasteiger partial charge >= 0.3 is 12.2 Å². The van der Waals surface area contributed by atoms with Crippen LogP contribution in [0.25, 0.3) is 0 Å². The summed E-state index contributed by atoms with van der Waals surface area (Å²) in [4.78, 5) is 14.2. The van der Waals surface area contributed by atoms with Crippen LogP contribution in [-0.2, 0) is 24.0 Å². The lowest BCUT2D eigenvalue weighted by Crippen LogP contribution is -2.48. The van der Waals surface area contributed by atoms with Gasteiger partial charge in [-0.05, 0) is 35.4 Å². The number of nitrogens with zero attached hydrogens (tertiary/aromatic N) is 1. The Morgan fingerprint density at radius 1 is 1.10 bits per heavy atom. The van der Waals surface area contributed by atoms with Crippen LogP contribution in [0.4, 0.5) is 18.0 Å². The van der Waals surface area contributed by atoms with Crippen molar-refractivity contribution >= 4 is 29.2 Å². The molecule has 10 heteroatoms. The number of hydrogen-bond acceptors (Lipinski definition) is 3. The number of carbonyl (C=O) groups excluding carboxylic acids is 1. The van der Waals surface area contributed by atoms with E-state index >= 15 is 0 Å². The topological polar surface area (TPSA) is 53.6 Å². The third-order valence-electron chi connectivity index (χ3n) is 4.81. The smallest absolute Gasteiger partial charge is 0.374 e. The Kier molecular flexibility index (Phi) is 8.05. The maximum Gasteiger partial charge on any atom is 0.416 e. The summed E-state index contributed by atoms with van der Waals surface area (Å²) in [5, 5.41) is 6.28. The number of carbonyl (C=O) groups is 1. The fraction of sp³-hybridized carbons (Fsp3) is 0.381. The summed E-state index contributed by atoms with van der Waals surface area (Å²) < 4.78 is 44.0. The third-order valence-corrected chi connectivity index (χ3v) is 5.55. The summed E-state index contributed by atoms with van der Waals surface area (Å²) in [6.07, 6.45) is -4.62. The van der Waals surface area contributed by atoms with Gasteiger partial charge in [-0.25, -0.2) is 4.79 Å². The molecule has 1 heterocycles. The quantitative estimate of drug-likeness (QED) is 0.635. The zero-order valence-electron chi connectivity index (χ0n) is 16.5. The molecule has 0 spiro atoms. The van der Waals surface area contributed by atoms with Crippen LogP contribution in [0.15, 0.2) is 42.5 Å². The van der Waals surface area contributed by atoms with Crippen molar-refractivity contribution in [2.45, 2.75) is 25.4 Å². The molecule has 0 aromatic heterocycles. The molecular formula is C21H22Cl2F3N3O2. The number of halogens is 5. The van der Waals surface area contributed by atoms with Crippen molar-refractivity contribution in [1.29, 1.82) is 0 Å². The molecule has 1 aliphatic rings. The lowest BCUT2D eigenvalue weighted by Gasteiger charge is -2.33. The lowest BCUT2D eigenvalue weighted by molar-refractivity contribution is -0.137. The zero-order valence-corrected chi connectivity index (χ0v) is 18.0. The monoisotopic (exact) mass is 475 g/mol. The zero-order chi connectivity index (χ0) is 22.4. The Morgan fingerprint density at radius 2 is 1.90 bits per heavy atom. The highest BCUT2D eigenvalue weighted by atomic mass is 35.5. The van der Waals surface area contributed by atoms with Crippen LogP contribution < -0.4 is 10.6 Å². The van der Waals surface area contributed by atoms with E-state index in [2.05, 4.69) is 15.5 Å². The van der Waals surface area contributed by atoms with E-state index in [9.17, 15) is 18.0 Å². The van der Waals surface area contributed by atoms with Gasteiger partial charge in [0, 0.05) is 32.7 Å². The molecule has 2 aromatic rings. The highest BCUT2D eigenvalue weighted by Crippen LogP contribution is 2.29. The molecule has 0 bridgehead atoms. The van der Waals surface area contributed by atoms with Gasteiger partial charge in [0.15, 0.2) is 0 Å². The molecule has 2 amide bonds. The molecule has 1 unspecified atom stereocenters. The van der Waals surface area contributed by atoms with Crippen LogP contribution in [0, 0.1) is 0 Å². The first-order valence-electron chi connectivity index (χ1n) is 9.66. The molecule has 168 valence electrons. The average molecular weight is 476 g/mol. The summed E-state index contributed by atoms with van der Waals surface area (Å²) in [6.45, 7) is 2.85. The Labute approximate surface area is 188 Å². The van der Waals surface area contributed by atoms with Gasteiger partial charge in [-0.1, -0.05) is 41.4 Å². The Hall–Kier alpha value is -2.00. The largest absolute Gasteiger partial charge is 0.416 e. The molecule has 1 aliphatic heterocycles. The van der Waals surface area contributed by atoms with Crippen molar-refractivity contribution < 1.29 is 22.7 Å². The van der Waals surface area contributed by atoms with E-state index in [1.165, 1.54) is 12.1 Å². The van der Waals surface area contributed by atoms with E-state index in [4.69, 9.17) is 27.9 Å². The van der Waals surface area contributed by atoms with Crippen molar-refractivity contribution in [2.75, 3.05) is 26.2 Å². The molecule has 2 N–H and O–H groups in total. The van der Waals surface area contributed by atoms with E-state index in [0.717, 1.165) is 24.2 Å². The molecule has 0 aliphatic carbocycles. The van der Waals surface area contributed by atoms with E-state index < -0.39 is 17.8 Å². The number of amides is 2. The molecule has 0 saturated carbocycles. The predicted octanol–water partition coefficient (Wildman–Crippen LogP) is 4.71. The summed E-state index contributed by atoms with van der Waals surface area (Å²) in [5.74, 6) is 0. The minimum Gasteiger partial charge on any atom is -0.374 e. The number of urea groups is 1. The van der Waals surface area contributed by atoms with Gasteiger partial charge < -0.3 is 15.4 Å². The minimum atomic E-state index is -4.42. The first kappa shape index (κ1) is 23.7. The molecule has 0 radical (unpaired) electrons. The first-order chi connectivity index (χ1) is 14.7. The summed E-state index contributed by atoms with van der Waals surface area (Å²) in [5.41, 5.74) is 0.651. The average Bonchev–Trinajstić information content (AvgIpc) is 2.73. The van der Waals surface area contributed by atoms with Crippen molar-refractivity contribution in [1.82, 2.24) is 15.5 Å².